The second-order valence-electron chi connectivity index (χ2n) is 3.97. The lowest BCUT2D eigenvalue weighted by Gasteiger charge is -2.20. The smallest absolute Gasteiger partial charge is 0.276 e. The number of aromatic nitrogens is 1. The minimum atomic E-state index is -0.280. The standard InChI is InChI=1S/C12H17N3O3/c1-4-7-15-11(14(3)9-17)6-5-10(12(15)18)13(2)8-16/h5-6,8-9H,4,7H2,1-3H3. The highest BCUT2D eigenvalue weighted by Crippen LogP contribution is 2.14. The van der Waals surface area contributed by atoms with Crippen LogP contribution in [0.1, 0.15) is 13.3 Å². The van der Waals surface area contributed by atoms with Crippen LogP contribution in [0.25, 0.3) is 0 Å². The fraction of sp³-hybridized carbons (Fsp3) is 0.417. The van der Waals surface area contributed by atoms with Crippen LogP contribution in [-0.4, -0.2) is 31.5 Å². The van der Waals surface area contributed by atoms with E-state index in [1.165, 1.54) is 27.5 Å². The zero-order chi connectivity index (χ0) is 13.7. The maximum atomic E-state index is 12.2. The molecule has 1 aromatic heterocycles. The zero-order valence-electron chi connectivity index (χ0n) is 10.8. The Labute approximate surface area is 105 Å². The Morgan fingerprint density at radius 1 is 1.17 bits per heavy atom. The van der Waals surface area contributed by atoms with Gasteiger partial charge in [-0.3, -0.25) is 19.0 Å². The second-order valence-corrected chi connectivity index (χ2v) is 3.97. The lowest BCUT2D eigenvalue weighted by Crippen LogP contribution is -2.32. The number of carbonyl (C=O) groups is 2. The van der Waals surface area contributed by atoms with Gasteiger partial charge in [0, 0.05) is 20.6 Å². The molecule has 98 valence electrons. The number of pyridine rings is 1. The summed E-state index contributed by atoms with van der Waals surface area (Å²) in [6, 6.07) is 3.19. The normalized spacial score (nSPS) is 9.94. The van der Waals surface area contributed by atoms with E-state index in [0.717, 1.165) is 6.42 Å². The van der Waals surface area contributed by atoms with Crippen molar-refractivity contribution in [3.05, 3.63) is 22.5 Å². The molecule has 0 aromatic carbocycles. The molecule has 0 radical (unpaired) electrons. The van der Waals surface area contributed by atoms with E-state index < -0.39 is 0 Å². The first kappa shape index (κ1) is 14.0. The van der Waals surface area contributed by atoms with Gasteiger partial charge < -0.3 is 9.80 Å². The van der Waals surface area contributed by atoms with Crippen LogP contribution in [0.4, 0.5) is 11.5 Å². The van der Waals surface area contributed by atoms with Crippen LogP contribution in [0.5, 0.6) is 0 Å². The van der Waals surface area contributed by atoms with Gasteiger partial charge in [0.25, 0.3) is 5.56 Å². The van der Waals surface area contributed by atoms with Gasteiger partial charge in [-0.2, -0.15) is 0 Å². The Morgan fingerprint density at radius 2 is 1.78 bits per heavy atom. The number of carbonyl (C=O) groups excluding carboxylic acids is 2. The number of amides is 2. The Kier molecular flexibility index (Phi) is 4.65. The summed E-state index contributed by atoms with van der Waals surface area (Å²) in [5, 5.41) is 0. The predicted octanol–water partition coefficient (Wildman–Crippen LogP) is 0.444. The molecule has 2 amide bonds. The summed E-state index contributed by atoms with van der Waals surface area (Å²) in [5.41, 5.74) is 0.0131. The molecule has 1 aromatic rings. The molecule has 0 saturated heterocycles. The third-order valence-electron chi connectivity index (χ3n) is 2.64. The van der Waals surface area contributed by atoms with E-state index in [1.54, 1.807) is 13.1 Å². The van der Waals surface area contributed by atoms with Crippen LogP contribution in [0, 0.1) is 0 Å². The molecule has 0 bridgehead atoms. The average molecular weight is 251 g/mol. The van der Waals surface area contributed by atoms with Crippen molar-refractivity contribution < 1.29 is 9.59 Å². The first-order valence-corrected chi connectivity index (χ1v) is 5.66. The molecule has 0 aliphatic rings. The molecule has 0 unspecified atom stereocenters. The molecule has 0 N–H and O–H groups in total. The van der Waals surface area contributed by atoms with E-state index in [9.17, 15) is 14.4 Å². The Morgan fingerprint density at radius 3 is 2.28 bits per heavy atom. The number of nitrogens with zero attached hydrogens (tertiary/aromatic N) is 3. The highest BCUT2D eigenvalue weighted by Gasteiger charge is 2.13. The molecule has 0 saturated carbocycles. The molecule has 18 heavy (non-hydrogen) atoms. The fourth-order valence-corrected chi connectivity index (χ4v) is 1.68. The summed E-state index contributed by atoms with van der Waals surface area (Å²) in [5.74, 6) is 0.514. The predicted molar refractivity (Wildman–Crippen MR) is 69.9 cm³/mol. The van der Waals surface area contributed by atoms with Crippen LogP contribution >= 0.6 is 0 Å². The average Bonchev–Trinajstić information content (AvgIpc) is 2.39. The molecular formula is C12H17N3O3. The van der Waals surface area contributed by atoms with Crippen molar-refractivity contribution in [2.24, 2.45) is 0 Å². The molecule has 0 spiro atoms. The monoisotopic (exact) mass is 251 g/mol. The molecule has 6 nitrogen and oxygen atoms in total. The Hall–Kier alpha value is -2.11. The van der Waals surface area contributed by atoms with Gasteiger partial charge in [0.15, 0.2) is 0 Å². The lowest BCUT2D eigenvalue weighted by molar-refractivity contribution is -0.108. The van der Waals surface area contributed by atoms with E-state index in [0.29, 0.717) is 30.9 Å². The van der Waals surface area contributed by atoms with Gasteiger partial charge in [0.2, 0.25) is 12.8 Å². The summed E-state index contributed by atoms with van der Waals surface area (Å²) < 4.78 is 1.49. The zero-order valence-corrected chi connectivity index (χ0v) is 10.8. The van der Waals surface area contributed by atoms with Gasteiger partial charge in [-0.25, -0.2) is 0 Å². The third kappa shape index (κ3) is 2.58. The minimum Gasteiger partial charge on any atom is -0.313 e. The minimum absolute atomic E-state index is 0.280. The van der Waals surface area contributed by atoms with Gasteiger partial charge in [0.1, 0.15) is 11.5 Å². The summed E-state index contributed by atoms with van der Waals surface area (Å²) in [6.45, 7) is 2.43. The molecule has 6 heteroatoms. The molecular weight excluding hydrogens is 234 g/mol. The van der Waals surface area contributed by atoms with Crippen LogP contribution in [0.3, 0.4) is 0 Å². The summed E-state index contributed by atoms with van der Waals surface area (Å²) in [7, 11) is 3.10. The number of anilines is 2. The van der Waals surface area contributed by atoms with Crippen molar-refractivity contribution >= 4 is 24.3 Å². The van der Waals surface area contributed by atoms with E-state index in [1.807, 2.05) is 6.92 Å². The largest absolute Gasteiger partial charge is 0.313 e. The van der Waals surface area contributed by atoms with E-state index in [-0.39, 0.29) is 5.56 Å². The maximum absolute atomic E-state index is 12.2. The van der Waals surface area contributed by atoms with Crippen molar-refractivity contribution in [2.75, 3.05) is 23.9 Å². The van der Waals surface area contributed by atoms with Crippen molar-refractivity contribution in [1.29, 1.82) is 0 Å². The van der Waals surface area contributed by atoms with E-state index in [4.69, 9.17) is 0 Å². The highest BCUT2D eigenvalue weighted by molar-refractivity contribution is 5.76. The van der Waals surface area contributed by atoms with Crippen LogP contribution in [0.15, 0.2) is 16.9 Å². The molecule has 0 aliphatic heterocycles. The van der Waals surface area contributed by atoms with Gasteiger partial charge >= 0.3 is 0 Å². The third-order valence-corrected chi connectivity index (χ3v) is 2.64. The Balaban J connectivity index is 3.41. The SMILES string of the molecule is CCCn1c(N(C)C=O)ccc(N(C)C=O)c1=O. The number of hydrogen-bond donors (Lipinski definition) is 0. The topological polar surface area (TPSA) is 62.6 Å². The van der Waals surface area contributed by atoms with Gasteiger partial charge in [-0.15, -0.1) is 0 Å². The van der Waals surface area contributed by atoms with Gasteiger partial charge in [0.05, 0.1) is 0 Å². The number of hydrogen-bond acceptors (Lipinski definition) is 3. The molecule has 1 heterocycles. The van der Waals surface area contributed by atoms with Crippen molar-refractivity contribution in [1.82, 2.24) is 4.57 Å². The summed E-state index contributed by atoms with van der Waals surface area (Å²) in [6.07, 6.45) is 1.98. The molecule has 0 aliphatic carbocycles. The van der Waals surface area contributed by atoms with E-state index >= 15 is 0 Å². The first-order chi connectivity index (χ1) is 8.56. The lowest BCUT2D eigenvalue weighted by atomic mass is 10.3. The first-order valence-electron chi connectivity index (χ1n) is 5.66. The maximum Gasteiger partial charge on any atom is 0.276 e. The Bertz CT molecular complexity index is 496. The quantitative estimate of drug-likeness (QED) is 0.689. The highest BCUT2D eigenvalue weighted by atomic mass is 16.2. The molecule has 0 fully saturated rings. The summed E-state index contributed by atoms with van der Waals surface area (Å²) in [4.78, 5) is 36.3. The summed E-state index contributed by atoms with van der Waals surface area (Å²) >= 11 is 0. The number of rotatable bonds is 6. The van der Waals surface area contributed by atoms with Gasteiger partial charge in [-0.1, -0.05) is 6.92 Å². The van der Waals surface area contributed by atoms with Crippen molar-refractivity contribution in [3.8, 4) is 0 Å². The molecule has 0 atom stereocenters. The fourth-order valence-electron chi connectivity index (χ4n) is 1.68. The van der Waals surface area contributed by atoms with Crippen molar-refractivity contribution in [2.45, 2.75) is 19.9 Å². The van der Waals surface area contributed by atoms with Gasteiger partial charge in [-0.05, 0) is 18.6 Å². The second kappa shape index (κ2) is 6.00. The van der Waals surface area contributed by atoms with Crippen LogP contribution in [-0.2, 0) is 16.1 Å². The van der Waals surface area contributed by atoms with Crippen molar-refractivity contribution in [3.63, 3.8) is 0 Å². The van der Waals surface area contributed by atoms with Crippen LogP contribution in [0.2, 0.25) is 0 Å². The van der Waals surface area contributed by atoms with Crippen LogP contribution < -0.4 is 15.4 Å². The molecule has 1 rings (SSSR count). The van der Waals surface area contributed by atoms with E-state index in [2.05, 4.69) is 0 Å².